The Bertz CT molecular complexity index is 141. The zero-order valence-electron chi connectivity index (χ0n) is 9.03. The van der Waals surface area contributed by atoms with Crippen LogP contribution in [0.2, 0.25) is 19.6 Å². The highest BCUT2D eigenvalue weighted by molar-refractivity contribution is 9.09. The van der Waals surface area contributed by atoms with Gasteiger partial charge in [-0.05, 0) is 5.41 Å². The lowest BCUT2D eigenvalue weighted by Gasteiger charge is -2.47. The molecule has 1 unspecified atom stereocenters. The highest BCUT2D eigenvalue weighted by atomic mass is 79.9. The van der Waals surface area contributed by atoms with Crippen molar-refractivity contribution in [2.24, 2.45) is 5.41 Å². The van der Waals surface area contributed by atoms with Gasteiger partial charge in [-0.2, -0.15) is 0 Å². The van der Waals surface area contributed by atoms with Gasteiger partial charge < -0.3 is 5.11 Å². The first-order valence-corrected chi connectivity index (χ1v) is 8.97. The molecule has 1 N–H and O–H groups in total. The predicted molar refractivity (Wildman–Crippen MR) is 61.5 cm³/mol. The second-order valence-electron chi connectivity index (χ2n) is 5.49. The highest BCUT2D eigenvalue weighted by Crippen LogP contribution is 2.39. The summed E-state index contributed by atoms with van der Waals surface area (Å²) in [6, 6.07) is 0. The number of aliphatic hydroxyl groups is 1. The molecule has 0 rings (SSSR count). The van der Waals surface area contributed by atoms with E-state index in [4.69, 9.17) is 0 Å². The Kier molecular flexibility index (Phi) is 3.61. The van der Waals surface area contributed by atoms with Crippen LogP contribution in [0.15, 0.2) is 0 Å². The lowest BCUT2D eigenvalue weighted by Crippen LogP contribution is -2.61. The van der Waals surface area contributed by atoms with Gasteiger partial charge in [0.05, 0.1) is 13.3 Å². The summed E-state index contributed by atoms with van der Waals surface area (Å²) in [5, 5.41) is 10.7. The van der Waals surface area contributed by atoms with Crippen molar-refractivity contribution >= 4 is 24.0 Å². The summed E-state index contributed by atoms with van der Waals surface area (Å²) in [5.74, 6) is 0. The van der Waals surface area contributed by atoms with Crippen LogP contribution >= 0.6 is 15.9 Å². The summed E-state index contributed by atoms with van der Waals surface area (Å²) >= 11 is 3.43. The lowest BCUT2D eigenvalue weighted by atomic mass is 9.89. The fraction of sp³-hybridized carbons (Fsp3) is 1.00. The fourth-order valence-electron chi connectivity index (χ4n) is 1.53. The van der Waals surface area contributed by atoms with E-state index in [9.17, 15) is 5.11 Å². The smallest absolute Gasteiger partial charge is 0.0838 e. The van der Waals surface area contributed by atoms with Gasteiger partial charge in [0.15, 0.2) is 0 Å². The second-order valence-corrected chi connectivity index (χ2v) is 11.4. The average Bonchev–Trinajstić information content (AvgIpc) is 1.81. The Morgan fingerprint density at radius 1 is 1.17 bits per heavy atom. The zero-order valence-corrected chi connectivity index (χ0v) is 11.6. The van der Waals surface area contributed by atoms with E-state index < -0.39 is 13.3 Å². The van der Waals surface area contributed by atoms with E-state index in [1.807, 2.05) is 0 Å². The topological polar surface area (TPSA) is 20.2 Å². The van der Waals surface area contributed by atoms with Crippen molar-refractivity contribution in [2.75, 3.05) is 5.33 Å². The molecule has 12 heavy (non-hydrogen) atoms. The minimum atomic E-state index is -1.54. The maximum atomic E-state index is 10.5. The second kappa shape index (κ2) is 3.43. The molecular formula is C9H21BrOSi. The first-order valence-electron chi connectivity index (χ1n) is 4.34. The lowest BCUT2D eigenvalue weighted by molar-refractivity contribution is 0.0310. The minimum absolute atomic E-state index is 0.0407. The van der Waals surface area contributed by atoms with Gasteiger partial charge in [0.2, 0.25) is 0 Å². The van der Waals surface area contributed by atoms with Crippen LogP contribution < -0.4 is 0 Å². The molecule has 0 fully saturated rings. The molecule has 0 aliphatic heterocycles. The monoisotopic (exact) mass is 252 g/mol. The third-order valence-corrected chi connectivity index (χ3v) is 7.41. The van der Waals surface area contributed by atoms with Crippen molar-refractivity contribution in [2.45, 2.75) is 45.6 Å². The van der Waals surface area contributed by atoms with Gasteiger partial charge in [0, 0.05) is 5.33 Å². The summed E-state index contributed by atoms with van der Waals surface area (Å²) < 4.78 is 0. The van der Waals surface area contributed by atoms with E-state index in [-0.39, 0.29) is 5.41 Å². The van der Waals surface area contributed by atoms with Gasteiger partial charge >= 0.3 is 0 Å². The van der Waals surface area contributed by atoms with Crippen LogP contribution in [0.1, 0.15) is 20.8 Å². The predicted octanol–water partition coefficient (Wildman–Crippen LogP) is 3.04. The third-order valence-electron chi connectivity index (χ3n) is 2.67. The largest absolute Gasteiger partial charge is 0.392 e. The van der Waals surface area contributed by atoms with Crippen LogP contribution in [-0.4, -0.2) is 23.7 Å². The van der Waals surface area contributed by atoms with Crippen molar-refractivity contribution in [3.63, 3.8) is 0 Å². The summed E-state index contributed by atoms with van der Waals surface area (Å²) in [7, 11) is -1.54. The van der Waals surface area contributed by atoms with Gasteiger partial charge in [-0.25, -0.2) is 0 Å². The van der Waals surface area contributed by atoms with E-state index in [2.05, 4.69) is 56.3 Å². The van der Waals surface area contributed by atoms with Crippen LogP contribution in [0, 0.1) is 5.41 Å². The van der Waals surface area contributed by atoms with Crippen molar-refractivity contribution in [1.29, 1.82) is 0 Å². The number of hydrogen-bond donors (Lipinski definition) is 1. The molecule has 0 saturated heterocycles. The van der Waals surface area contributed by atoms with E-state index >= 15 is 0 Å². The van der Waals surface area contributed by atoms with Crippen LogP contribution in [0.25, 0.3) is 0 Å². The summed E-state index contributed by atoms with van der Waals surface area (Å²) in [6.45, 7) is 12.9. The van der Waals surface area contributed by atoms with Gasteiger partial charge in [0.25, 0.3) is 0 Å². The minimum Gasteiger partial charge on any atom is -0.392 e. The fourth-order valence-corrected chi connectivity index (χ4v) is 7.54. The van der Waals surface area contributed by atoms with Crippen LogP contribution in [0.5, 0.6) is 0 Å². The number of hydrogen-bond acceptors (Lipinski definition) is 1. The Hall–Kier alpha value is 0.657. The maximum absolute atomic E-state index is 10.5. The summed E-state index contributed by atoms with van der Waals surface area (Å²) in [6.07, 6.45) is 0. The molecule has 3 heteroatoms. The van der Waals surface area contributed by atoms with E-state index in [1.54, 1.807) is 0 Å². The molecule has 0 amide bonds. The first-order chi connectivity index (χ1) is 5.06. The summed E-state index contributed by atoms with van der Waals surface area (Å²) in [5.41, 5.74) is -0.0407. The molecule has 0 saturated carbocycles. The molecule has 0 aromatic rings. The molecule has 0 aromatic heterocycles. The Labute approximate surface area is 85.7 Å². The molecule has 0 radical (unpaired) electrons. The summed E-state index contributed by atoms with van der Waals surface area (Å²) in [4.78, 5) is 0. The van der Waals surface area contributed by atoms with Gasteiger partial charge in [-0.1, -0.05) is 56.3 Å². The third kappa shape index (κ3) is 2.12. The molecule has 1 atom stereocenters. The number of alkyl halides is 1. The van der Waals surface area contributed by atoms with Crippen molar-refractivity contribution in [1.82, 2.24) is 0 Å². The van der Waals surface area contributed by atoms with Gasteiger partial charge in [-0.3, -0.25) is 0 Å². The molecule has 0 aliphatic rings. The Morgan fingerprint density at radius 3 is 1.50 bits per heavy atom. The van der Waals surface area contributed by atoms with Crippen LogP contribution in [-0.2, 0) is 0 Å². The van der Waals surface area contributed by atoms with Crippen LogP contribution in [0.3, 0.4) is 0 Å². The van der Waals surface area contributed by atoms with Crippen molar-refractivity contribution in [3.8, 4) is 0 Å². The SMILES string of the molecule is CC(C)(C)C(O)(CBr)[Si](C)(C)C. The molecular weight excluding hydrogens is 232 g/mol. The van der Waals surface area contributed by atoms with Crippen molar-refractivity contribution < 1.29 is 5.11 Å². The van der Waals surface area contributed by atoms with E-state index in [0.29, 0.717) is 5.33 Å². The Balaban J connectivity index is 4.95. The Morgan fingerprint density at radius 2 is 1.50 bits per heavy atom. The quantitative estimate of drug-likeness (QED) is 0.592. The van der Waals surface area contributed by atoms with Gasteiger partial charge in [0.1, 0.15) is 0 Å². The number of halogens is 1. The van der Waals surface area contributed by atoms with Crippen LogP contribution in [0.4, 0.5) is 0 Å². The molecule has 1 nitrogen and oxygen atoms in total. The first kappa shape index (κ1) is 12.7. The average molecular weight is 253 g/mol. The highest BCUT2D eigenvalue weighted by Gasteiger charge is 2.49. The zero-order chi connectivity index (χ0) is 10.2. The standard InChI is InChI=1S/C9H21BrOSi/c1-8(2,3)9(11,7-10)12(4,5)6/h11H,7H2,1-6H3. The van der Waals surface area contributed by atoms with E-state index in [0.717, 1.165) is 0 Å². The molecule has 0 bridgehead atoms. The maximum Gasteiger partial charge on any atom is 0.0838 e. The van der Waals surface area contributed by atoms with Gasteiger partial charge in [-0.15, -0.1) is 0 Å². The molecule has 0 aromatic carbocycles. The normalized spacial score (nSPS) is 19.0. The molecule has 0 heterocycles. The molecule has 74 valence electrons. The van der Waals surface area contributed by atoms with E-state index in [1.165, 1.54) is 0 Å². The number of rotatable bonds is 2. The van der Waals surface area contributed by atoms with Crippen molar-refractivity contribution in [3.05, 3.63) is 0 Å². The molecule has 0 spiro atoms. The molecule has 0 aliphatic carbocycles.